The summed E-state index contributed by atoms with van der Waals surface area (Å²) in [4.78, 5) is 33.0. The van der Waals surface area contributed by atoms with Crippen LogP contribution in [0.2, 0.25) is 0 Å². The van der Waals surface area contributed by atoms with Gasteiger partial charge in [0.05, 0.1) is 11.3 Å². The summed E-state index contributed by atoms with van der Waals surface area (Å²) in [5.41, 5.74) is 8.78. The number of para-hydroxylation sites is 1. The Hall–Kier alpha value is -3.58. The number of aromatic amines is 2. The molecule has 33 heavy (non-hydrogen) atoms. The Morgan fingerprint density at radius 3 is 2.52 bits per heavy atom. The van der Waals surface area contributed by atoms with E-state index in [1.54, 1.807) is 0 Å². The summed E-state index contributed by atoms with van der Waals surface area (Å²) in [6.45, 7) is 5.37. The van der Waals surface area contributed by atoms with Crippen LogP contribution >= 0.6 is 0 Å². The Labute approximate surface area is 192 Å². The molecule has 1 aliphatic rings. The molecule has 0 spiro atoms. The number of hydrogen-bond acceptors (Lipinski definition) is 4. The largest absolute Gasteiger partial charge is 0.484 e. The summed E-state index contributed by atoms with van der Waals surface area (Å²) in [5.74, 6) is 0.594. The Bertz CT molecular complexity index is 1320. The second kappa shape index (κ2) is 9.92. The van der Waals surface area contributed by atoms with Crippen LogP contribution in [0.1, 0.15) is 26.7 Å². The first-order chi connectivity index (χ1) is 16.1. The normalized spacial score (nSPS) is 14.2. The lowest BCUT2D eigenvalue weighted by Gasteiger charge is -2.30. The zero-order chi connectivity index (χ0) is 23.4. The van der Waals surface area contributed by atoms with E-state index in [0.29, 0.717) is 24.4 Å². The van der Waals surface area contributed by atoms with E-state index in [0.717, 1.165) is 40.3 Å². The van der Waals surface area contributed by atoms with Crippen molar-refractivity contribution in [1.82, 2.24) is 14.9 Å². The molecule has 5 rings (SSSR count). The molecular weight excluding hydrogens is 416 g/mol. The van der Waals surface area contributed by atoms with Gasteiger partial charge in [0.2, 0.25) is 0 Å². The Kier molecular flexibility index (Phi) is 6.79. The van der Waals surface area contributed by atoms with Gasteiger partial charge in [0, 0.05) is 35.6 Å². The second-order valence-electron chi connectivity index (χ2n) is 8.04. The highest BCUT2D eigenvalue weighted by Crippen LogP contribution is 2.27. The molecule has 7 heteroatoms. The Morgan fingerprint density at radius 2 is 1.73 bits per heavy atom. The van der Waals surface area contributed by atoms with Crippen molar-refractivity contribution >= 4 is 27.7 Å². The standard InChI is InChI=1S/C24H24N4O3.C2H6/c25-17-7-9-28(10-8-17)23(29)14-31-18-5-6-21-16(11-18)13-22(26-21)19-12-15-3-1-2-4-20(15)27-24(19)30;1-2/h1-6,11-13,17,26H,7-10,14,25H2,(H,27,30);1-2H3. The van der Waals surface area contributed by atoms with Gasteiger partial charge in [-0.25, -0.2) is 0 Å². The van der Waals surface area contributed by atoms with Crippen LogP contribution in [0.5, 0.6) is 5.75 Å². The summed E-state index contributed by atoms with van der Waals surface area (Å²) in [6.07, 6.45) is 1.66. The number of nitrogens with one attached hydrogen (secondary N) is 2. The molecule has 4 N–H and O–H groups in total. The van der Waals surface area contributed by atoms with Crippen LogP contribution in [0.25, 0.3) is 33.1 Å². The van der Waals surface area contributed by atoms with E-state index in [1.807, 2.05) is 73.3 Å². The molecule has 3 heterocycles. The summed E-state index contributed by atoms with van der Waals surface area (Å²) in [6, 6.07) is 17.3. The lowest BCUT2D eigenvalue weighted by Crippen LogP contribution is -2.44. The van der Waals surface area contributed by atoms with Crippen molar-refractivity contribution in [2.75, 3.05) is 19.7 Å². The second-order valence-corrected chi connectivity index (χ2v) is 8.04. The van der Waals surface area contributed by atoms with Crippen molar-refractivity contribution in [3.05, 3.63) is 65.0 Å². The van der Waals surface area contributed by atoms with Gasteiger partial charge in [-0.2, -0.15) is 0 Å². The predicted molar refractivity (Wildman–Crippen MR) is 132 cm³/mol. The van der Waals surface area contributed by atoms with Gasteiger partial charge in [-0.05, 0) is 54.6 Å². The summed E-state index contributed by atoms with van der Waals surface area (Å²) in [7, 11) is 0. The van der Waals surface area contributed by atoms with E-state index < -0.39 is 0 Å². The maximum Gasteiger partial charge on any atom is 0.260 e. The number of rotatable bonds is 4. The van der Waals surface area contributed by atoms with Crippen LogP contribution in [0.4, 0.5) is 0 Å². The molecule has 1 saturated heterocycles. The van der Waals surface area contributed by atoms with Crippen molar-refractivity contribution in [2.24, 2.45) is 5.73 Å². The number of pyridine rings is 1. The summed E-state index contributed by atoms with van der Waals surface area (Å²) >= 11 is 0. The van der Waals surface area contributed by atoms with E-state index in [1.165, 1.54) is 0 Å². The highest BCUT2D eigenvalue weighted by molar-refractivity contribution is 5.89. The van der Waals surface area contributed by atoms with Crippen molar-refractivity contribution < 1.29 is 9.53 Å². The topological polar surface area (TPSA) is 104 Å². The number of nitrogens with zero attached hydrogens (tertiary/aromatic N) is 1. The molecular formula is C26H30N4O3. The van der Waals surface area contributed by atoms with E-state index >= 15 is 0 Å². The Morgan fingerprint density at radius 1 is 1.00 bits per heavy atom. The molecule has 0 unspecified atom stereocenters. The van der Waals surface area contributed by atoms with Gasteiger partial charge < -0.3 is 25.3 Å². The Balaban J connectivity index is 0.00000126. The van der Waals surface area contributed by atoms with E-state index in [2.05, 4.69) is 9.97 Å². The lowest BCUT2D eigenvalue weighted by atomic mass is 10.1. The number of ether oxygens (including phenoxy) is 1. The fourth-order valence-electron chi connectivity index (χ4n) is 4.08. The maximum atomic E-state index is 12.6. The van der Waals surface area contributed by atoms with Crippen LogP contribution in [0.15, 0.2) is 59.4 Å². The van der Waals surface area contributed by atoms with Gasteiger partial charge in [-0.1, -0.05) is 32.0 Å². The molecule has 172 valence electrons. The first-order valence-corrected chi connectivity index (χ1v) is 11.5. The molecule has 1 amide bonds. The van der Waals surface area contributed by atoms with Gasteiger partial charge in [-0.15, -0.1) is 0 Å². The number of carbonyl (C=O) groups is 1. The number of piperidine rings is 1. The molecule has 0 aliphatic carbocycles. The number of H-pyrrole nitrogens is 2. The number of fused-ring (bicyclic) bond motifs is 2. The molecule has 4 aromatic rings. The van der Waals surface area contributed by atoms with Crippen LogP contribution < -0.4 is 16.0 Å². The van der Waals surface area contributed by atoms with E-state index in [-0.39, 0.29) is 24.1 Å². The zero-order valence-electron chi connectivity index (χ0n) is 19.1. The van der Waals surface area contributed by atoms with Gasteiger partial charge in [0.1, 0.15) is 5.75 Å². The molecule has 0 radical (unpaired) electrons. The van der Waals surface area contributed by atoms with E-state index in [9.17, 15) is 9.59 Å². The van der Waals surface area contributed by atoms with Crippen molar-refractivity contribution in [3.8, 4) is 17.0 Å². The maximum absolute atomic E-state index is 12.6. The summed E-state index contributed by atoms with van der Waals surface area (Å²) < 4.78 is 5.75. The molecule has 1 aliphatic heterocycles. The summed E-state index contributed by atoms with van der Waals surface area (Å²) in [5, 5.41) is 1.88. The molecule has 2 aromatic carbocycles. The fraction of sp³-hybridized carbons (Fsp3) is 0.308. The highest BCUT2D eigenvalue weighted by atomic mass is 16.5. The van der Waals surface area contributed by atoms with Crippen LogP contribution in [-0.2, 0) is 4.79 Å². The highest BCUT2D eigenvalue weighted by Gasteiger charge is 2.20. The van der Waals surface area contributed by atoms with Crippen LogP contribution in [0, 0.1) is 0 Å². The molecule has 7 nitrogen and oxygen atoms in total. The van der Waals surface area contributed by atoms with Crippen LogP contribution in [0.3, 0.4) is 0 Å². The number of likely N-dealkylation sites (tertiary alicyclic amines) is 1. The average molecular weight is 447 g/mol. The van der Waals surface area contributed by atoms with E-state index in [4.69, 9.17) is 10.5 Å². The zero-order valence-corrected chi connectivity index (χ0v) is 19.1. The SMILES string of the molecule is CC.NC1CCN(C(=O)COc2ccc3[nH]c(-c4cc5ccccc5[nH]c4=O)cc3c2)CC1. The predicted octanol–water partition coefficient (Wildman–Crippen LogP) is 4.03. The van der Waals surface area contributed by atoms with Crippen molar-refractivity contribution in [2.45, 2.75) is 32.7 Å². The number of amides is 1. The molecule has 1 fully saturated rings. The third-order valence-electron chi connectivity index (χ3n) is 5.89. The van der Waals surface area contributed by atoms with Crippen molar-refractivity contribution in [3.63, 3.8) is 0 Å². The first-order valence-electron chi connectivity index (χ1n) is 11.5. The quantitative estimate of drug-likeness (QED) is 0.440. The smallest absolute Gasteiger partial charge is 0.260 e. The third kappa shape index (κ3) is 4.93. The van der Waals surface area contributed by atoms with Crippen molar-refractivity contribution in [1.29, 1.82) is 0 Å². The lowest BCUT2D eigenvalue weighted by molar-refractivity contribution is -0.134. The minimum Gasteiger partial charge on any atom is -0.484 e. The molecule has 2 aromatic heterocycles. The average Bonchev–Trinajstić information content (AvgIpc) is 3.27. The first kappa shape index (κ1) is 22.6. The van der Waals surface area contributed by atoms with Gasteiger partial charge >= 0.3 is 0 Å². The van der Waals surface area contributed by atoms with Gasteiger partial charge in [-0.3, -0.25) is 9.59 Å². The van der Waals surface area contributed by atoms with Crippen LogP contribution in [-0.4, -0.2) is 46.5 Å². The minimum atomic E-state index is -0.145. The monoisotopic (exact) mass is 446 g/mol. The number of benzene rings is 2. The molecule has 0 atom stereocenters. The number of nitrogens with two attached hydrogens (primary N) is 1. The number of hydrogen-bond donors (Lipinski definition) is 3. The minimum absolute atomic E-state index is 0.00235. The molecule has 0 bridgehead atoms. The number of carbonyl (C=O) groups excluding carboxylic acids is 1. The molecule has 0 saturated carbocycles. The van der Waals surface area contributed by atoms with Gasteiger partial charge in [0.15, 0.2) is 6.61 Å². The fourth-order valence-corrected chi connectivity index (χ4v) is 4.08. The number of aromatic nitrogens is 2. The third-order valence-corrected chi connectivity index (χ3v) is 5.89. The van der Waals surface area contributed by atoms with Gasteiger partial charge in [0.25, 0.3) is 11.5 Å².